The number of aromatic hydroxyl groups is 1. The Morgan fingerprint density at radius 2 is 0.778 bits per heavy atom. The van der Waals surface area contributed by atoms with Crippen LogP contribution in [0.2, 0.25) is 0 Å². The summed E-state index contributed by atoms with van der Waals surface area (Å²) in [6, 6.07) is 22.1. The molecule has 17 heteroatoms. The monoisotopic (exact) mass is 1010 g/mol. The Balaban J connectivity index is 0.000000240. The molecule has 0 bridgehead atoms. The van der Waals surface area contributed by atoms with Gasteiger partial charge in [-0.2, -0.15) is 5.10 Å². The average molecular weight is 1010 g/mol. The van der Waals surface area contributed by atoms with Gasteiger partial charge >= 0.3 is 12.1 Å². The molecule has 4 saturated carbocycles. The Bertz CT molecular complexity index is 2080. The zero-order chi connectivity index (χ0) is 52.7. The zero-order valence-corrected chi connectivity index (χ0v) is 41.9. The first-order valence-electron chi connectivity index (χ1n) is 25.0. The van der Waals surface area contributed by atoms with Crippen molar-refractivity contribution in [1.29, 1.82) is 0 Å². The highest BCUT2D eigenvalue weighted by Crippen LogP contribution is 2.30. The second kappa shape index (κ2) is 34.1. The number of aldehydes is 1. The van der Waals surface area contributed by atoms with E-state index in [1.807, 2.05) is 0 Å². The fraction of sp³-hybridized carbons (Fsp3) is 0.491. The van der Waals surface area contributed by atoms with Gasteiger partial charge in [0.1, 0.15) is 52.6 Å². The minimum atomic E-state index is -0.718. The molecule has 4 fully saturated rings. The molecule has 8 rings (SSSR count). The van der Waals surface area contributed by atoms with Gasteiger partial charge in [0.25, 0.3) is 0 Å². The molecular formula is C55H76F4N6O7. The topological polar surface area (TPSA) is 214 Å². The molecule has 4 aliphatic rings. The lowest BCUT2D eigenvalue weighted by Gasteiger charge is -2.26. The van der Waals surface area contributed by atoms with Gasteiger partial charge in [0.15, 0.2) is 0 Å². The van der Waals surface area contributed by atoms with Gasteiger partial charge in [-0.15, -0.1) is 0 Å². The number of phenols is 1. The lowest BCUT2D eigenvalue weighted by atomic mass is 9.84. The van der Waals surface area contributed by atoms with Crippen molar-refractivity contribution in [2.75, 3.05) is 0 Å². The standard InChI is InChI=1S/C14H18FN3O2.C13H15FO2.C13H17FO.C8H16.C6H5FO.CH5N3O/c15-11-3-7-13(8-4-11)20-12-5-1-10(2-6-12)9-17-18-14(16)19;14-11-3-7-13(8-4-11)16-12-5-1-10(9-15)2-6-12;1-10-2-6-12(7-3-10)15-13-8-4-11(14)5-9-13;1-7-3-5-8(2)6-4-7;7-5-1-3-6(8)4-2-5;2-1(5)4-3/h3-4,7-10,12H,1-2,5-6H2,(H3,16,18,19);3-4,7-10,12H,1-2,5-6H2;4-5,8-10,12H,2-3,6-7H2,1H3;7-8H,3-6H2,1-2H3;1-4,8H;3H2,(H3,2,4,5)/b17-9+;;;;;. The van der Waals surface area contributed by atoms with E-state index in [0.29, 0.717) is 23.5 Å². The molecule has 396 valence electrons. The molecular weight excluding hydrogens is 933 g/mol. The fourth-order valence-corrected chi connectivity index (χ4v) is 8.24. The summed E-state index contributed by atoms with van der Waals surface area (Å²) >= 11 is 0. The largest absolute Gasteiger partial charge is 0.508 e. The van der Waals surface area contributed by atoms with E-state index in [9.17, 15) is 31.9 Å². The van der Waals surface area contributed by atoms with Crippen molar-refractivity contribution >= 4 is 24.6 Å². The third kappa shape index (κ3) is 27.3. The summed E-state index contributed by atoms with van der Waals surface area (Å²) in [6.07, 6.45) is 21.3. The number of nitrogens with zero attached hydrogens (tertiary/aromatic N) is 1. The van der Waals surface area contributed by atoms with Crippen LogP contribution in [0.15, 0.2) is 102 Å². The van der Waals surface area contributed by atoms with Crippen molar-refractivity contribution in [2.45, 2.75) is 142 Å². The van der Waals surface area contributed by atoms with E-state index in [2.05, 4.69) is 42.9 Å². The van der Waals surface area contributed by atoms with Crippen LogP contribution in [0, 0.1) is 52.9 Å². The number of halogens is 4. The SMILES string of the molecule is CC1CCC(C)CC1.CC1CCC(Oc2ccc(F)cc2)CC1.NC(=O)N/N=C/C1CCC(Oc2ccc(F)cc2)CC1.NNC(N)=O.O=CC1CCC(Oc2ccc(F)cc2)CC1.Oc1ccc(F)cc1. The predicted molar refractivity (Wildman–Crippen MR) is 273 cm³/mol. The number of hydrogen-bond acceptors (Lipinski definition) is 9. The minimum Gasteiger partial charge on any atom is -0.508 e. The Hall–Kier alpha value is -6.36. The molecule has 4 amide bonds. The van der Waals surface area contributed by atoms with E-state index in [-0.39, 0.29) is 47.1 Å². The summed E-state index contributed by atoms with van der Waals surface area (Å²) < 4.78 is 67.4. The van der Waals surface area contributed by atoms with Crippen LogP contribution in [-0.4, -0.2) is 48.0 Å². The highest BCUT2D eigenvalue weighted by atomic mass is 19.1. The second-order valence-corrected chi connectivity index (χ2v) is 18.9. The normalized spacial score (nSPS) is 23.2. The molecule has 13 nitrogen and oxygen atoms in total. The number of carbonyl (C=O) groups excluding carboxylic acids is 3. The Kier molecular flexibility index (Phi) is 28.4. The minimum absolute atomic E-state index is 0.0893. The molecule has 9 N–H and O–H groups in total. The predicted octanol–water partition coefficient (Wildman–Crippen LogP) is 12.1. The number of rotatable bonds is 9. The molecule has 0 radical (unpaired) electrons. The molecule has 0 aliphatic heterocycles. The van der Waals surface area contributed by atoms with Crippen molar-refractivity contribution in [2.24, 2.45) is 52.0 Å². The molecule has 0 atom stereocenters. The van der Waals surface area contributed by atoms with Gasteiger partial charge in [0.05, 0.1) is 18.3 Å². The van der Waals surface area contributed by atoms with Crippen molar-refractivity contribution in [3.05, 3.63) is 120 Å². The first-order valence-corrected chi connectivity index (χ1v) is 25.0. The third-order valence-corrected chi connectivity index (χ3v) is 12.7. The first-order chi connectivity index (χ1) is 34.5. The van der Waals surface area contributed by atoms with Crippen molar-refractivity contribution in [3.63, 3.8) is 0 Å². The number of urea groups is 2. The summed E-state index contributed by atoms with van der Waals surface area (Å²) in [6.45, 7) is 7.02. The van der Waals surface area contributed by atoms with Crippen LogP contribution in [0.3, 0.4) is 0 Å². The quantitative estimate of drug-likeness (QED) is 0.0236. The van der Waals surface area contributed by atoms with E-state index in [4.69, 9.17) is 25.1 Å². The van der Waals surface area contributed by atoms with Crippen LogP contribution in [0.5, 0.6) is 23.0 Å². The molecule has 4 aromatic carbocycles. The first kappa shape index (κ1) is 59.9. The van der Waals surface area contributed by atoms with E-state index in [1.54, 1.807) is 48.0 Å². The van der Waals surface area contributed by atoms with Crippen molar-refractivity contribution in [1.82, 2.24) is 10.9 Å². The lowest BCUT2D eigenvalue weighted by molar-refractivity contribution is -0.112. The Labute approximate surface area is 422 Å². The van der Waals surface area contributed by atoms with Crippen LogP contribution >= 0.6 is 0 Å². The number of hydrazone groups is 1. The number of nitrogens with two attached hydrogens (primary N) is 3. The highest BCUT2D eigenvalue weighted by Gasteiger charge is 2.23. The maximum Gasteiger partial charge on any atom is 0.332 e. The smallest absolute Gasteiger partial charge is 0.332 e. The number of nitrogens with one attached hydrogen (secondary N) is 2. The van der Waals surface area contributed by atoms with Gasteiger partial charge in [0, 0.05) is 12.1 Å². The third-order valence-electron chi connectivity index (χ3n) is 12.7. The molecule has 0 aromatic heterocycles. The number of primary amides is 2. The molecule has 72 heavy (non-hydrogen) atoms. The van der Waals surface area contributed by atoms with E-state index < -0.39 is 12.1 Å². The molecule has 0 heterocycles. The van der Waals surface area contributed by atoms with E-state index in [0.717, 1.165) is 94.0 Å². The van der Waals surface area contributed by atoms with Crippen LogP contribution in [0.25, 0.3) is 0 Å². The number of amides is 4. The molecule has 4 aliphatic carbocycles. The summed E-state index contributed by atoms with van der Waals surface area (Å²) in [5.41, 5.74) is 13.2. The van der Waals surface area contributed by atoms with Gasteiger partial charge in [-0.1, -0.05) is 46.5 Å². The number of phenolic OH excluding ortho intramolecular Hbond substituents is 1. The summed E-state index contributed by atoms with van der Waals surface area (Å²) in [5.74, 6) is 9.07. The number of ether oxygens (including phenoxy) is 3. The van der Waals surface area contributed by atoms with Crippen molar-refractivity contribution < 1.29 is 51.3 Å². The van der Waals surface area contributed by atoms with Gasteiger partial charge in [-0.05, 0) is 198 Å². The van der Waals surface area contributed by atoms with Gasteiger partial charge in [0.2, 0.25) is 0 Å². The van der Waals surface area contributed by atoms with E-state index >= 15 is 0 Å². The Morgan fingerprint density at radius 1 is 0.500 bits per heavy atom. The van der Waals surface area contributed by atoms with Crippen LogP contribution < -0.4 is 42.4 Å². The number of benzene rings is 4. The van der Waals surface area contributed by atoms with Gasteiger partial charge in [-0.25, -0.2) is 38.4 Å². The maximum atomic E-state index is 12.8. The van der Waals surface area contributed by atoms with Gasteiger partial charge < -0.3 is 35.6 Å². The summed E-state index contributed by atoms with van der Waals surface area (Å²) in [5, 5.41) is 12.4. The number of hydrazine groups is 1. The van der Waals surface area contributed by atoms with Gasteiger partial charge in [-0.3, -0.25) is 5.43 Å². The summed E-state index contributed by atoms with van der Waals surface area (Å²) in [4.78, 5) is 30.4. The van der Waals surface area contributed by atoms with Crippen LogP contribution in [0.4, 0.5) is 27.2 Å². The maximum absolute atomic E-state index is 12.8. The van der Waals surface area contributed by atoms with Crippen LogP contribution in [-0.2, 0) is 4.79 Å². The fourth-order valence-electron chi connectivity index (χ4n) is 8.24. The zero-order valence-electron chi connectivity index (χ0n) is 41.9. The summed E-state index contributed by atoms with van der Waals surface area (Å²) in [7, 11) is 0. The van der Waals surface area contributed by atoms with E-state index in [1.165, 1.54) is 99.2 Å². The van der Waals surface area contributed by atoms with Crippen LogP contribution in [0.1, 0.15) is 124 Å². The second-order valence-electron chi connectivity index (χ2n) is 18.9. The average Bonchev–Trinajstić information content (AvgIpc) is 3.38. The molecule has 0 spiro atoms. The molecule has 0 unspecified atom stereocenters. The number of carbonyl (C=O) groups is 3. The number of hydrogen-bond donors (Lipinski definition) is 6. The lowest BCUT2D eigenvalue weighted by Crippen LogP contribution is -2.34. The Morgan fingerprint density at radius 3 is 1.06 bits per heavy atom. The highest BCUT2D eigenvalue weighted by molar-refractivity contribution is 5.73. The molecule has 4 aromatic rings. The van der Waals surface area contributed by atoms with Crippen molar-refractivity contribution in [3.8, 4) is 23.0 Å². The molecule has 0 saturated heterocycles.